The van der Waals surface area contributed by atoms with Crippen LogP contribution in [0.4, 0.5) is 0 Å². The number of nitrogens with one attached hydrogen (secondary N) is 1. The molecule has 0 saturated carbocycles. The second-order valence-electron chi connectivity index (χ2n) is 3.44. The fourth-order valence-electron chi connectivity index (χ4n) is 1.44. The molecule has 0 bridgehead atoms. The molecule has 0 saturated heterocycles. The van der Waals surface area contributed by atoms with Crippen molar-refractivity contribution in [1.82, 2.24) is 0 Å². The smallest absolute Gasteiger partial charge is 0.211 e. The number of H-pyrrole nitrogens is 1. The van der Waals surface area contributed by atoms with Crippen LogP contribution in [-0.4, -0.2) is 5.78 Å². The molecule has 0 aliphatic rings. The minimum Gasteiger partial charge on any atom is -1.00 e. The molecule has 0 aliphatic carbocycles. The van der Waals surface area contributed by atoms with Crippen molar-refractivity contribution in [2.24, 2.45) is 0 Å². The van der Waals surface area contributed by atoms with Gasteiger partial charge in [0.05, 0.1) is 0 Å². The predicted molar refractivity (Wildman–Crippen MR) is 60.2 cm³/mol. The highest BCUT2D eigenvalue weighted by Gasteiger charge is 2.01. The molecular weight excluding hydrogens is 222 g/mol. The lowest BCUT2D eigenvalue weighted by Crippen LogP contribution is -3.00. The maximum atomic E-state index is 10.8. The molecule has 1 N–H and O–H groups in total. The summed E-state index contributed by atoms with van der Waals surface area (Å²) in [4.78, 5) is 14.0. The molecule has 1 aromatic heterocycles. The summed E-state index contributed by atoms with van der Waals surface area (Å²) in [7, 11) is 0. The Kier molecular flexibility index (Phi) is 4.20. The number of rotatable bonds is 2. The van der Waals surface area contributed by atoms with Gasteiger partial charge in [-0.1, -0.05) is 12.1 Å². The SMILES string of the molecule is CC(=O)/C=C/c1ccc2ccccc2[nH+]1.[Cl-]. The zero-order valence-corrected chi connectivity index (χ0v) is 9.66. The van der Waals surface area contributed by atoms with E-state index in [4.69, 9.17) is 0 Å². The van der Waals surface area contributed by atoms with E-state index in [0.717, 1.165) is 16.6 Å². The summed E-state index contributed by atoms with van der Waals surface area (Å²) in [6.07, 6.45) is 3.34. The van der Waals surface area contributed by atoms with Crippen molar-refractivity contribution in [2.75, 3.05) is 0 Å². The highest BCUT2D eigenvalue weighted by molar-refractivity contribution is 5.91. The van der Waals surface area contributed by atoms with E-state index >= 15 is 0 Å². The summed E-state index contributed by atoms with van der Waals surface area (Å²) in [5.41, 5.74) is 2.01. The minimum absolute atomic E-state index is 0. The second-order valence-corrected chi connectivity index (χ2v) is 3.44. The number of carbonyl (C=O) groups excluding carboxylic acids is 1. The Morgan fingerprint density at radius 3 is 2.69 bits per heavy atom. The number of benzene rings is 1. The second kappa shape index (κ2) is 5.42. The van der Waals surface area contributed by atoms with Crippen LogP contribution in [0.1, 0.15) is 12.6 Å². The summed E-state index contributed by atoms with van der Waals surface area (Å²) in [5.74, 6) is 0.0524. The van der Waals surface area contributed by atoms with E-state index in [9.17, 15) is 4.79 Å². The van der Waals surface area contributed by atoms with E-state index in [0.29, 0.717) is 0 Å². The van der Waals surface area contributed by atoms with E-state index in [1.807, 2.05) is 36.4 Å². The summed E-state index contributed by atoms with van der Waals surface area (Å²) >= 11 is 0. The highest BCUT2D eigenvalue weighted by atomic mass is 35.5. The molecule has 1 aromatic carbocycles. The molecule has 0 unspecified atom stereocenters. The molecule has 3 heteroatoms. The third kappa shape index (κ3) is 2.91. The largest absolute Gasteiger partial charge is 1.00 e. The van der Waals surface area contributed by atoms with Crippen molar-refractivity contribution in [3.05, 3.63) is 48.2 Å². The van der Waals surface area contributed by atoms with Crippen LogP contribution < -0.4 is 17.4 Å². The van der Waals surface area contributed by atoms with Crippen molar-refractivity contribution < 1.29 is 22.2 Å². The van der Waals surface area contributed by atoms with Crippen molar-refractivity contribution in [1.29, 1.82) is 0 Å². The molecule has 0 atom stereocenters. The molecule has 2 aromatic rings. The third-order valence-electron chi connectivity index (χ3n) is 2.18. The first-order chi connectivity index (χ1) is 7.25. The lowest BCUT2D eigenvalue weighted by atomic mass is 10.2. The van der Waals surface area contributed by atoms with Gasteiger partial charge in [-0.2, -0.15) is 0 Å². The lowest BCUT2D eigenvalue weighted by Gasteiger charge is -1.91. The maximum Gasteiger partial charge on any atom is 0.211 e. The Labute approximate surface area is 100 Å². The zero-order valence-electron chi connectivity index (χ0n) is 8.91. The van der Waals surface area contributed by atoms with Crippen molar-refractivity contribution in [3.63, 3.8) is 0 Å². The standard InChI is InChI=1S/C13H11NO.ClH/c1-10(15)6-8-12-9-7-11-4-2-3-5-13(11)14-12;/h2-9H,1H3;1H/b8-6+;. The number of hydrogen-bond donors (Lipinski definition) is 0. The highest BCUT2D eigenvalue weighted by Crippen LogP contribution is 2.08. The van der Waals surface area contributed by atoms with Crippen LogP contribution in [0, 0.1) is 0 Å². The first-order valence-electron chi connectivity index (χ1n) is 4.85. The fourth-order valence-corrected chi connectivity index (χ4v) is 1.44. The molecule has 0 fully saturated rings. The maximum absolute atomic E-state index is 10.8. The van der Waals surface area contributed by atoms with Crippen LogP contribution in [0.3, 0.4) is 0 Å². The molecule has 0 amide bonds. The third-order valence-corrected chi connectivity index (χ3v) is 2.18. The van der Waals surface area contributed by atoms with Crippen molar-refractivity contribution in [3.8, 4) is 0 Å². The Balaban J connectivity index is 0.00000128. The normalized spacial score (nSPS) is 10.3. The van der Waals surface area contributed by atoms with E-state index in [1.165, 1.54) is 6.92 Å². The van der Waals surface area contributed by atoms with Gasteiger partial charge in [-0.15, -0.1) is 0 Å². The fraction of sp³-hybridized carbons (Fsp3) is 0.0769. The molecule has 0 spiro atoms. The Bertz CT molecular complexity index is 534. The molecule has 2 rings (SSSR count). The lowest BCUT2D eigenvalue weighted by molar-refractivity contribution is -0.347. The van der Waals surface area contributed by atoms with Gasteiger partial charge in [-0.25, -0.2) is 4.98 Å². The Morgan fingerprint density at radius 2 is 1.94 bits per heavy atom. The van der Waals surface area contributed by atoms with Crippen LogP contribution in [0.5, 0.6) is 0 Å². The number of pyridine rings is 1. The van der Waals surface area contributed by atoms with Crippen LogP contribution in [0.15, 0.2) is 42.5 Å². The van der Waals surface area contributed by atoms with Gasteiger partial charge in [0.25, 0.3) is 0 Å². The summed E-state index contributed by atoms with van der Waals surface area (Å²) < 4.78 is 0. The van der Waals surface area contributed by atoms with Gasteiger partial charge in [0.1, 0.15) is 0 Å². The number of allylic oxidation sites excluding steroid dienone is 1. The van der Waals surface area contributed by atoms with Gasteiger partial charge in [0, 0.05) is 23.6 Å². The molecule has 2 nitrogen and oxygen atoms in total. The number of para-hydroxylation sites is 1. The number of carbonyl (C=O) groups is 1. The van der Waals surface area contributed by atoms with Gasteiger partial charge in [0.15, 0.2) is 5.78 Å². The van der Waals surface area contributed by atoms with Gasteiger partial charge in [-0.3, -0.25) is 4.79 Å². The summed E-state index contributed by atoms with van der Waals surface area (Å²) in [6.45, 7) is 1.54. The zero-order chi connectivity index (χ0) is 10.7. The van der Waals surface area contributed by atoms with Crippen LogP contribution in [-0.2, 0) is 4.79 Å². The van der Waals surface area contributed by atoms with Gasteiger partial charge < -0.3 is 12.4 Å². The number of fused-ring (bicyclic) bond motifs is 1. The predicted octanol–water partition coefficient (Wildman–Crippen LogP) is -0.740. The first-order valence-corrected chi connectivity index (χ1v) is 4.85. The average molecular weight is 234 g/mol. The minimum atomic E-state index is 0. The number of aromatic nitrogens is 1. The van der Waals surface area contributed by atoms with Gasteiger partial charge in [0.2, 0.25) is 11.2 Å². The van der Waals surface area contributed by atoms with E-state index in [2.05, 4.69) is 4.98 Å². The molecular formula is C13H12ClNO. The molecule has 1 heterocycles. The number of hydrogen-bond acceptors (Lipinski definition) is 1. The molecule has 0 radical (unpaired) electrons. The Morgan fingerprint density at radius 1 is 1.19 bits per heavy atom. The molecule has 16 heavy (non-hydrogen) atoms. The Hall–Kier alpha value is -1.67. The monoisotopic (exact) mass is 233 g/mol. The van der Waals surface area contributed by atoms with E-state index < -0.39 is 0 Å². The van der Waals surface area contributed by atoms with Gasteiger partial charge in [-0.05, 0) is 25.1 Å². The van der Waals surface area contributed by atoms with Crippen molar-refractivity contribution >= 4 is 22.8 Å². The van der Waals surface area contributed by atoms with E-state index in [1.54, 1.807) is 12.2 Å². The number of aromatic amines is 1. The first kappa shape index (κ1) is 12.4. The van der Waals surface area contributed by atoms with Crippen LogP contribution in [0.25, 0.3) is 17.0 Å². The van der Waals surface area contributed by atoms with Crippen LogP contribution in [0.2, 0.25) is 0 Å². The summed E-state index contributed by atoms with van der Waals surface area (Å²) in [6, 6.07) is 12.0. The summed E-state index contributed by atoms with van der Waals surface area (Å²) in [5, 5.41) is 1.16. The average Bonchev–Trinajstić information content (AvgIpc) is 2.26. The molecule has 0 aliphatic heterocycles. The molecule has 82 valence electrons. The number of halogens is 1. The van der Waals surface area contributed by atoms with Crippen LogP contribution >= 0.6 is 0 Å². The van der Waals surface area contributed by atoms with Gasteiger partial charge >= 0.3 is 0 Å². The topological polar surface area (TPSA) is 31.2 Å². The number of ketones is 1. The van der Waals surface area contributed by atoms with Crippen molar-refractivity contribution in [2.45, 2.75) is 6.92 Å². The quantitative estimate of drug-likeness (QED) is 0.629. The van der Waals surface area contributed by atoms with E-state index in [-0.39, 0.29) is 18.2 Å².